The number of carbonyl (C=O) groups excluding carboxylic acids is 1. The number of amides is 1. The molecular formula is C10H19NO2S. The van der Waals surface area contributed by atoms with Gasteiger partial charge in [0.1, 0.15) is 0 Å². The number of aliphatic hydroxyl groups is 1. The summed E-state index contributed by atoms with van der Waals surface area (Å²) in [6.45, 7) is 1.08. The van der Waals surface area contributed by atoms with Gasteiger partial charge in [-0.25, -0.2) is 0 Å². The lowest BCUT2D eigenvalue weighted by molar-refractivity contribution is -0.124. The van der Waals surface area contributed by atoms with E-state index in [1.165, 1.54) is 0 Å². The third kappa shape index (κ3) is 4.33. The Balaban J connectivity index is 2.16. The summed E-state index contributed by atoms with van der Waals surface area (Å²) in [4.78, 5) is 11.5. The van der Waals surface area contributed by atoms with Crippen molar-refractivity contribution in [2.24, 2.45) is 5.92 Å². The van der Waals surface area contributed by atoms with Crippen LogP contribution in [0.4, 0.5) is 0 Å². The lowest BCUT2D eigenvalue weighted by Crippen LogP contribution is -2.29. The number of aliphatic hydroxyl groups excluding tert-OH is 1. The topological polar surface area (TPSA) is 49.3 Å². The fourth-order valence-electron chi connectivity index (χ4n) is 1.67. The fourth-order valence-corrected chi connectivity index (χ4v) is 2.45. The van der Waals surface area contributed by atoms with E-state index in [-0.39, 0.29) is 18.4 Å². The molecule has 1 amide bonds. The van der Waals surface area contributed by atoms with Gasteiger partial charge >= 0.3 is 0 Å². The molecule has 0 aromatic heterocycles. The maximum absolute atomic E-state index is 11.5. The van der Waals surface area contributed by atoms with Crippen molar-refractivity contribution in [3.63, 3.8) is 0 Å². The van der Waals surface area contributed by atoms with Crippen molar-refractivity contribution in [1.82, 2.24) is 5.32 Å². The molecule has 1 rings (SSSR count). The monoisotopic (exact) mass is 217 g/mol. The highest BCUT2D eigenvalue weighted by atomic mass is 32.2. The Hall–Kier alpha value is -0.220. The zero-order valence-electron chi connectivity index (χ0n) is 8.50. The molecule has 2 N–H and O–H groups in total. The highest BCUT2D eigenvalue weighted by Gasteiger charge is 2.19. The Morgan fingerprint density at radius 2 is 2.29 bits per heavy atom. The van der Waals surface area contributed by atoms with Gasteiger partial charge in [0, 0.05) is 18.2 Å². The number of rotatable bonds is 5. The van der Waals surface area contributed by atoms with E-state index in [9.17, 15) is 4.79 Å². The standard InChI is InChI=1S/C10H19NO2S/c12-6-8-14-7-4-9-3-1-2-5-11-10(9)13/h9,12H,1-8H2,(H,11,13). The Bertz CT molecular complexity index is 176. The zero-order chi connectivity index (χ0) is 10.2. The van der Waals surface area contributed by atoms with Crippen molar-refractivity contribution in [3.05, 3.63) is 0 Å². The quantitative estimate of drug-likeness (QED) is 0.676. The van der Waals surface area contributed by atoms with Gasteiger partial charge in [-0.15, -0.1) is 0 Å². The van der Waals surface area contributed by atoms with Gasteiger partial charge in [-0.1, -0.05) is 6.42 Å². The van der Waals surface area contributed by atoms with Crippen LogP contribution >= 0.6 is 11.8 Å². The lowest BCUT2D eigenvalue weighted by Gasteiger charge is -2.11. The second-order valence-electron chi connectivity index (χ2n) is 3.61. The van der Waals surface area contributed by atoms with Crippen LogP contribution in [0.15, 0.2) is 0 Å². The summed E-state index contributed by atoms with van der Waals surface area (Å²) in [7, 11) is 0. The molecular weight excluding hydrogens is 198 g/mol. The van der Waals surface area contributed by atoms with E-state index in [2.05, 4.69) is 5.32 Å². The number of carbonyl (C=O) groups is 1. The van der Waals surface area contributed by atoms with Gasteiger partial charge in [0.05, 0.1) is 6.61 Å². The minimum absolute atomic E-state index is 0.212. The van der Waals surface area contributed by atoms with E-state index < -0.39 is 0 Å². The Labute approximate surface area is 89.6 Å². The molecule has 0 aromatic carbocycles. The van der Waals surface area contributed by atoms with Gasteiger partial charge in [0.15, 0.2) is 0 Å². The van der Waals surface area contributed by atoms with Gasteiger partial charge in [-0.3, -0.25) is 4.79 Å². The highest BCUT2D eigenvalue weighted by Crippen LogP contribution is 2.18. The summed E-state index contributed by atoms with van der Waals surface area (Å²) >= 11 is 1.73. The van der Waals surface area contributed by atoms with E-state index >= 15 is 0 Å². The van der Waals surface area contributed by atoms with Crippen LogP contribution in [0.5, 0.6) is 0 Å². The van der Waals surface area contributed by atoms with Crippen LogP contribution in [0, 0.1) is 5.92 Å². The molecule has 1 aliphatic heterocycles. The van der Waals surface area contributed by atoms with Crippen molar-refractivity contribution < 1.29 is 9.90 Å². The van der Waals surface area contributed by atoms with Gasteiger partial charge in [0.2, 0.25) is 5.91 Å². The van der Waals surface area contributed by atoms with Gasteiger partial charge in [-0.05, 0) is 25.0 Å². The second kappa shape index (κ2) is 7.12. The van der Waals surface area contributed by atoms with E-state index in [1.807, 2.05) is 0 Å². The van der Waals surface area contributed by atoms with Crippen molar-refractivity contribution >= 4 is 17.7 Å². The molecule has 82 valence electrons. The molecule has 0 bridgehead atoms. The van der Waals surface area contributed by atoms with Crippen LogP contribution in [0.2, 0.25) is 0 Å². The summed E-state index contributed by atoms with van der Waals surface area (Å²) in [5, 5.41) is 11.5. The Morgan fingerprint density at radius 1 is 1.43 bits per heavy atom. The summed E-state index contributed by atoms with van der Waals surface area (Å²) in [5.41, 5.74) is 0. The summed E-state index contributed by atoms with van der Waals surface area (Å²) in [5.74, 6) is 2.21. The molecule has 14 heavy (non-hydrogen) atoms. The van der Waals surface area contributed by atoms with Crippen LogP contribution in [0.3, 0.4) is 0 Å². The summed E-state index contributed by atoms with van der Waals surface area (Å²) < 4.78 is 0. The van der Waals surface area contributed by atoms with Crippen LogP contribution in [0.25, 0.3) is 0 Å². The normalized spacial score (nSPS) is 22.9. The van der Waals surface area contributed by atoms with Crippen LogP contribution < -0.4 is 5.32 Å². The number of hydrogen-bond donors (Lipinski definition) is 2. The average Bonchev–Trinajstić information content (AvgIpc) is 2.39. The SMILES string of the molecule is O=C1NCCCCC1CCSCCO. The molecule has 1 unspecified atom stereocenters. The van der Waals surface area contributed by atoms with Crippen LogP contribution in [-0.4, -0.2) is 35.7 Å². The molecule has 0 spiro atoms. The molecule has 0 radical (unpaired) electrons. The molecule has 0 aromatic rings. The second-order valence-corrected chi connectivity index (χ2v) is 4.83. The highest BCUT2D eigenvalue weighted by molar-refractivity contribution is 7.99. The fraction of sp³-hybridized carbons (Fsp3) is 0.900. The minimum Gasteiger partial charge on any atom is -0.396 e. The predicted molar refractivity (Wildman–Crippen MR) is 59.4 cm³/mol. The van der Waals surface area contributed by atoms with E-state index in [4.69, 9.17) is 5.11 Å². The number of thioether (sulfide) groups is 1. The molecule has 1 atom stereocenters. The van der Waals surface area contributed by atoms with Crippen molar-refractivity contribution in [2.75, 3.05) is 24.7 Å². The van der Waals surface area contributed by atoms with Gasteiger partial charge in [-0.2, -0.15) is 11.8 Å². The molecule has 3 nitrogen and oxygen atoms in total. The third-order valence-electron chi connectivity index (χ3n) is 2.50. The largest absolute Gasteiger partial charge is 0.396 e. The molecule has 0 aliphatic carbocycles. The van der Waals surface area contributed by atoms with Gasteiger partial charge < -0.3 is 10.4 Å². The smallest absolute Gasteiger partial charge is 0.223 e. The van der Waals surface area contributed by atoms with Crippen molar-refractivity contribution in [3.8, 4) is 0 Å². The first kappa shape index (κ1) is 11.9. The van der Waals surface area contributed by atoms with Crippen molar-refractivity contribution in [1.29, 1.82) is 0 Å². The molecule has 1 aliphatic rings. The average molecular weight is 217 g/mol. The Kier molecular flexibility index (Phi) is 6.03. The first-order chi connectivity index (χ1) is 6.84. The maximum Gasteiger partial charge on any atom is 0.223 e. The van der Waals surface area contributed by atoms with E-state index in [0.29, 0.717) is 0 Å². The van der Waals surface area contributed by atoms with Gasteiger partial charge in [0.25, 0.3) is 0 Å². The minimum atomic E-state index is 0.212. The zero-order valence-corrected chi connectivity index (χ0v) is 9.31. The first-order valence-corrected chi connectivity index (χ1v) is 6.46. The third-order valence-corrected chi connectivity index (χ3v) is 3.49. The maximum atomic E-state index is 11.5. The molecule has 4 heteroatoms. The molecule has 1 fully saturated rings. The number of hydrogen-bond acceptors (Lipinski definition) is 3. The lowest BCUT2D eigenvalue weighted by atomic mass is 10.0. The van der Waals surface area contributed by atoms with E-state index in [1.54, 1.807) is 11.8 Å². The molecule has 1 saturated heterocycles. The number of nitrogens with one attached hydrogen (secondary N) is 1. The van der Waals surface area contributed by atoms with Crippen molar-refractivity contribution in [2.45, 2.75) is 25.7 Å². The summed E-state index contributed by atoms with van der Waals surface area (Å²) in [6.07, 6.45) is 4.27. The summed E-state index contributed by atoms with van der Waals surface area (Å²) in [6, 6.07) is 0. The van der Waals surface area contributed by atoms with E-state index in [0.717, 1.165) is 43.7 Å². The first-order valence-electron chi connectivity index (χ1n) is 5.31. The molecule has 0 saturated carbocycles. The molecule has 1 heterocycles. The Morgan fingerprint density at radius 3 is 3.07 bits per heavy atom. The predicted octanol–water partition coefficient (Wildman–Crippen LogP) is 1.02. The van der Waals surface area contributed by atoms with Crippen LogP contribution in [0.1, 0.15) is 25.7 Å². The van der Waals surface area contributed by atoms with Crippen LogP contribution in [-0.2, 0) is 4.79 Å².